The first-order valence-corrected chi connectivity index (χ1v) is 13.5. The first kappa shape index (κ1) is 25.3. The minimum absolute atomic E-state index is 0.459. The number of aryl methyl sites for hydroxylation is 1. The zero-order valence-electron chi connectivity index (χ0n) is 21.6. The second kappa shape index (κ2) is 12.8. The smallest absolute Gasteiger partial charge is 0.0607 e. The number of rotatable bonds is 11. The van der Waals surface area contributed by atoms with Gasteiger partial charge in [-0.25, -0.2) is 0 Å². The van der Waals surface area contributed by atoms with Crippen molar-refractivity contribution in [1.29, 1.82) is 0 Å². The number of hydrogen-bond acceptors (Lipinski definition) is 5. The van der Waals surface area contributed by atoms with Crippen LogP contribution in [0.4, 0.5) is 0 Å². The van der Waals surface area contributed by atoms with Crippen molar-refractivity contribution < 1.29 is 0 Å². The molecular weight excluding hydrogens is 418 g/mol. The third kappa shape index (κ3) is 6.88. The number of hydrogen-bond donors (Lipinski definition) is 2. The molecule has 1 saturated heterocycles. The Bertz CT molecular complexity index is 865. The highest BCUT2D eigenvalue weighted by Crippen LogP contribution is 2.33. The largest absolute Gasteiger partial charge is 0.320 e. The molecule has 0 unspecified atom stereocenters. The van der Waals surface area contributed by atoms with Crippen molar-refractivity contribution >= 4 is 0 Å². The lowest BCUT2D eigenvalue weighted by atomic mass is 9.90. The Morgan fingerprint density at radius 3 is 2.82 bits per heavy atom. The summed E-state index contributed by atoms with van der Waals surface area (Å²) in [5.41, 5.74) is 5.65. The summed E-state index contributed by atoms with van der Waals surface area (Å²) in [4.78, 5) is 10.3. The third-order valence-corrected chi connectivity index (χ3v) is 7.58. The first-order chi connectivity index (χ1) is 16.6. The Balaban J connectivity index is 1.40. The van der Waals surface area contributed by atoms with E-state index in [4.69, 9.17) is 4.98 Å². The van der Waals surface area contributed by atoms with Gasteiger partial charge in [-0.3, -0.25) is 14.8 Å². The molecule has 1 aliphatic heterocycles. The molecule has 1 fully saturated rings. The summed E-state index contributed by atoms with van der Waals surface area (Å²) >= 11 is 0. The van der Waals surface area contributed by atoms with E-state index in [0.29, 0.717) is 18.0 Å². The van der Waals surface area contributed by atoms with Crippen molar-refractivity contribution in [3.63, 3.8) is 0 Å². The van der Waals surface area contributed by atoms with Crippen LogP contribution < -0.4 is 10.6 Å². The summed E-state index contributed by atoms with van der Waals surface area (Å²) in [6.07, 6.45) is 8.13. The van der Waals surface area contributed by atoms with Gasteiger partial charge in [0.25, 0.3) is 0 Å². The van der Waals surface area contributed by atoms with Gasteiger partial charge in [0, 0.05) is 45.0 Å². The lowest BCUT2D eigenvalue weighted by Crippen LogP contribution is -2.55. The van der Waals surface area contributed by atoms with E-state index in [1.165, 1.54) is 54.5 Å². The highest BCUT2D eigenvalue weighted by atomic mass is 15.2. The van der Waals surface area contributed by atoms with Crippen molar-refractivity contribution in [3.05, 3.63) is 65.0 Å². The average Bonchev–Trinajstić information content (AvgIpc) is 2.86. The highest BCUT2D eigenvalue weighted by Gasteiger charge is 2.30. The molecule has 0 bridgehead atoms. The second-order valence-electron chi connectivity index (χ2n) is 10.5. The zero-order chi connectivity index (χ0) is 23.8. The molecule has 1 aromatic carbocycles. The summed E-state index contributed by atoms with van der Waals surface area (Å²) < 4.78 is 0. The number of unbranched alkanes of at least 4 members (excludes halogenated alkanes) is 1. The van der Waals surface area contributed by atoms with Gasteiger partial charge in [0.05, 0.1) is 11.7 Å². The van der Waals surface area contributed by atoms with Crippen LogP contribution in [0.5, 0.6) is 0 Å². The standard InChI is InChI=1S/C29H45N5/c1-23(2)25-13-11-24(12-14-25)20-33-19-17-31-27(21-33)22-34(18-5-4-15-30-3)28-10-6-8-26-9-7-16-32-29(26)28/h7,9,11-14,16,23,27-28,30-31H,4-6,8,10,15,17-22H2,1-3H3/t27-,28+/m1/s1. The van der Waals surface area contributed by atoms with E-state index < -0.39 is 0 Å². The molecular formula is C29H45N5. The van der Waals surface area contributed by atoms with Gasteiger partial charge < -0.3 is 10.6 Å². The maximum atomic E-state index is 4.86. The van der Waals surface area contributed by atoms with Gasteiger partial charge in [-0.1, -0.05) is 44.2 Å². The molecule has 34 heavy (non-hydrogen) atoms. The maximum absolute atomic E-state index is 4.86. The molecule has 0 amide bonds. The molecule has 5 heteroatoms. The molecule has 4 rings (SSSR count). The van der Waals surface area contributed by atoms with E-state index in [-0.39, 0.29) is 0 Å². The third-order valence-electron chi connectivity index (χ3n) is 7.58. The first-order valence-electron chi connectivity index (χ1n) is 13.5. The van der Waals surface area contributed by atoms with Crippen LogP contribution in [0.25, 0.3) is 0 Å². The lowest BCUT2D eigenvalue weighted by molar-refractivity contribution is 0.116. The fraction of sp³-hybridized carbons (Fsp3) is 0.621. The van der Waals surface area contributed by atoms with Crippen LogP contribution in [0, 0.1) is 0 Å². The molecule has 0 spiro atoms. The van der Waals surface area contributed by atoms with Gasteiger partial charge in [0.2, 0.25) is 0 Å². The minimum Gasteiger partial charge on any atom is -0.320 e. The Kier molecular flexibility index (Phi) is 9.51. The Morgan fingerprint density at radius 2 is 2.03 bits per heavy atom. The fourth-order valence-corrected chi connectivity index (χ4v) is 5.64. The summed E-state index contributed by atoms with van der Waals surface area (Å²) in [7, 11) is 2.05. The molecule has 1 aromatic heterocycles. The van der Waals surface area contributed by atoms with Gasteiger partial charge in [0.1, 0.15) is 0 Å². The van der Waals surface area contributed by atoms with E-state index in [9.17, 15) is 0 Å². The van der Waals surface area contributed by atoms with Gasteiger partial charge in [-0.05, 0) is 80.9 Å². The van der Waals surface area contributed by atoms with Crippen molar-refractivity contribution in [2.75, 3.05) is 46.3 Å². The quantitative estimate of drug-likeness (QED) is 0.485. The Hall–Kier alpha value is -1.79. The van der Waals surface area contributed by atoms with E-state index in [1.54, 1.807) is 0 Å². The van der Waals surface area contributed by atoms with Crippen LogP contribution in [-0.2, 0) is 13.0 Å². The molecule has 2 atom stereocenters. The van der Waals surface area contributed by atoms with E-state index >= 15 is 0 Å². The van der Waals surface area contributed by atoms with Gasteiger partial charge in [-0.15, -0.1) is 0 Å². The number of piperazine rings is 1. The van der Waals surface area contributed by atoms with Crippen molar-refractivity contribution in [1.82, 2.24) is 25.4 Å². The summed E-state index contributed by atoms with van der Waals surface area (Å²) in [6, 6.07) is 14.6. The summed E-state index contributed by atoms with van der Waals surface area (Å²) in [5, 5.41) is 7.14. The van der Waals surface area contributed by atoms with Gasteiger partial charge >= 0.3 is 0 Å². The molecule has 2 heterocycles. The second-order valence-corrected chi connectivity index (χ2v) is 10.5. The van der Waals surface area contributed by atoms with Crippen LogP contribution in [0.3, 0.4) is 0 Å². The van der Waals surface area contributed by atoms with E-state index in [0.717, 1.165) is 45.8 Å². The number of pyridine rings is 1. The number of benzene rings is 1. The van der Waals surface area contributed by atoms with Crippen LogP contribution in [-0.4, -0.2) is 67.1 Å². The van der Waals surface area contributed by atoms with Crippen molar-refractivity contribution in [2.24, 2.45) is 0 Å². The monoisotopic (exact) mass is 463 g/mol. The molecule has 2 aliphatic rings. The molecule has 186 valence electrons. The highest BCUT2D eigenvalue weighted by molar-refractivity contribution is 5.26. The van der Waals surface area contributed by atoms with Crippen LogP contribution in [0.2, 0.25) is 0 Å². The molecule has 0 saturated carbocycles. The van der Waals surface area contributed by atoms with Gasteiger partial charge in [0.15, 0.2) is 0 Å². The normalized spacial score (nSPS) is 21.2. The van der Waals surface area contributed by atoms with Crippen LogP contribution >= 0.6 is 0 Å². The topological polar surface area (TPSA) is 43.4 Å². The summed E-state index contributed by atoms with van der Waals surface area (Å²) in [6.45, 7) is 12.2. The zero-order valence-corrected chi connectivity index (χ0v) is 21.6. The molecule has 2 N–H and O–H groups in total. The van der Waals surface area contributed by atoms with E-state index in [2.05, 4.69) is 77.7 Å². The Labute approximate surface area is 207 Å². The molecule has 5 nitrogen and oxygen atoms in total. The summed E-state index contributed by atoms with van der Waals surface area (Å²) in [5.74, 6) is 0.594. The lowest BCUT2D eigenvalue weighted by Gasteiger charge is -2.40. The predicted octanol–water partition coefficient (Wildman–Crippen LogP) is 4.36. The number of nitrogens with zero attached hydrogens (tertiary/aromatic N) is 3. The maximum Gasteiger partial charge on any atom is 0.0607 e. The van der Waals surface area contributed by atoms with Crippen LogP contribution in [0.15, 0.2) is 42.6 Å². The number of aromatic nitrogens is 1. The molecule has 0 radical (unpaired) electrons. The number of nitrogens with one attached hydrogen (secondary N) is 2. The van der Waals surface area contributed by atoms with Crippen LogP contribution in [0.1, 0.15) is 73.9 Å². The predicted molar refractivity (Wildman–Crippen MR) is 142 cm³/mol. The van der Waals surface area contributed by atoms with Crippen molar-refractivity contribution in [2.45, 2.75) is 70.5 Å². The van der Waals surface area contributed by atoms with E-state index in [1.807, 2.05) is 6.20 Å². The fourth-order valence-electron chi connectivity index (χ4n) is 5.64. The number of fused-ring (bicyclic) bond motifs is 1. The molecule has 1 aliphatic carbocycles. The SMILES string of the molecule is CNCCCCN(C[C@H]1CN(Cc2ccc(C(C)C)cc2)CCN1)[C@H]1CCCc2cccnc21. The Morgan fingerprint density at radius 1 is 1.18 bits per heavy atom. The van der Waals surface area contributed by atoms with Gasteiger partial charge in [-0.2, -0.15) is 0 Å². The minimum atomic E-state index is 0.459. The van der Waals surface area contributed by atoms with Crippen molar-refractivity contribution in [3.8, 4) is 0 Å². The molecule has 2 aromatic rings. The average molecular weight is 464 g/mol.